The van der Waals surface area contributed by atoms with Crippen molar-refractivity contribution in [3.05, 3.63) is 89.0 Å². The molecule has 5 aromatic rings. The van der Waals surface area contributed by atoms with Crippen molar-refractivity contribution in [1.29, 1.82) is 0 Å². The Kier molecular flexibility index (Phi) is 4.17. The molecule has 0 aliphatic rings. The topological polar surface area (TPSA) is 71.3 Å². The lowest BCUT2D eigenvalue weighted by Crippen LogP contribution is -2.34. The number of H-pyrrole nitrogens is 1. The molecule has 0 saturated heterocycles. The molecule has 6 nitrogen and oxygen atoms in total. The summed E-state index contributed by atoms with van der Waals surface area (Å²) in [5, 5.41) is 4.12. The summed E-state index contributed by atoms with van der Waals surface area (Å²) >= 11 is 0. The predicted octanol–water partition coefficient (Wildman–Crippen LogP) is 3.09. The molecule has 0 saturated carbocycles. The van der Waals surface area contributed by atoms with Crippen molar-refractivity contribution in [2.75, 3.05) is 6.54 Å². The first-order chi connectivity index (χ1) is 14.2. The summed E-state index contributed by atoms with van der Waals surface area (Å²) < 4.78 is 3.41. The third-order valence-corrected chi connectivity index (χ3v) is 5.34. The standard InChI is InChI=1S/C23H20N4O2/c28-22(24-12-11-16-14-25-18-7-2-1-6-17(16)18)15-27-20-9-4-3-8-19(20)26-13-5-10-21(26)23(27)29/h1-10,13-14,25H,11-12,15H2,(H,24,28). The monoisotopic (exact) mass is 384 g/mol. The SMILES string of the molecule is O=C(Cn1c(=O)c2cccn2c2ccccc21)NCCc1c[nH]c2ccccc12. The number of hydrogen-bond donors (Lipinski definition) is 2. The zero-order valence-corrected chi connectivity index (χ0v) is 15.8. The van der Waals surface area contributed by atoms with Crippen LogP contribution in [0.2, 0.25) is 0 Å². The number of hydrogen-bond acceptors (Lipinski definition) is 2. The Morgan fingerprint density at radius 2 is 1.69 bits per heavy atom. The van der Waals surface area contributed by atoms with Crippen LogP contribution >= 0.6 is 0 Å². The molecule has 3 aromatic heterocycles. The molecule has 0 radical (unpaired) electrons. The zero-order valence-electron chi connectivity index (χ0n) is 15.8. The summed E-state index contributed by atoms with van der Waals surface area (Å²) in [5.41, 5.74) is 4.30. The van der Waals surface area contributed by atoms with E-state index in [4.69, 9.17) is 0 Å². The van der Waals surface area contributed by atoms with E-state index < -0.39 is 0 Å². The van der Waals surface area contributed by atoms with Crippen LogP contribution in [-0.4, -0.2) is 26.4 Å². The van der Waals surface area contributed by atoms with Gasteiger partial charge in [0.1, 0.15) is 12.1 Å². The van der Waals surface area contributed by atoms with Crippen molar-refractivity contribution in [3.8, 4) is 0 Å². The zero-order chi connectivity index (χ0) is 19.8. The van der Waals surface area contributed by atoms with Gasteiger partial charge in [-0.15, -0.1) is 0 Å². The number of aromatic nitrogens is 3. The lowest BCUT2D eigenvalue weighted by Gasteiger charge is -2.12. The van der Waals surface area contributed by atoms with Crippen LogP contribution in [0, 0.1) is 0 Å². The Balaban J connectivity index is 1.36. The molecule has 0 atom stereocenters. The third kappa shape index (κ3) is 2.99. The van der Waals surface area contributed by atoms with Gasteiger partial charge in [0.15, 0.2) is 0 Å². The summed E-state index contributed by atoms with van der Waals surface area (Å²) in [4.78, 5) is 28.7. The number of carbonyl (C=O) groups excluding carboxylic acids is 1. The first kappa shape index (κ1) is 17.3. The number of nitrogens with zero attached hydrogens (tertiary/aromatic N) is 2. The van der Waals surface area contributed by atoms with Gasteiger partial charge in [0, 0.05) is 29.8 Å². The molecule has 144 valence electrons. The first-order valence-corrected chi connectivity index (χ1v) is 9.63. The molecule has 5 rings (SSSR count). The van der Waals surface area contributed by atoms with Gasteiger partial charge in [-0.3, -0.25) is 14.2 Å². The van der Waals surface area contributed by atoms with Crippen molar-refractivity contribution in [2.45, 2.75) is 13.0 Å². The van der Waals surface area contributed by atoms with E-state index in [-0.39, 0.29) is 18.0 Å². The molecule has 0 spiro atoms. The minimum Gasteiger partial charge on any atom is -0.361 e. The largest absolute Gasteiger partial charge is 0.361 e. The number of rotatable bonds is 5. The van der Waals surface area contributed by atoms with Gasteiger partial charge in [0.05, 0.1) is 11.0 Å². The second-order valence-electron chi connectivity index (χ2n) is 7.10. The maximum Gasteiger partial charge on any atom is 0.275 e. The van der Waals surface area contributed by atoms with Gasteiger partial charge in [0.25, 0.3) is 5.56 Å². The van der Waals surface area contributed by atoms with Gasteiger partial charge in [-0.25, -0.2) is 0 Å². The molecular weight excluding hydrogens is 364 g/mol. The van der Waals surface area contributed by atoms with Gasteiger partial charge in [0.2, 0.25) is 5.91 Å². The summed E-state index contributed by atoms with van der Waals surface area (Å²) in [7, 11) is 0. The third-order valence-electron chi connectivity index (χ3n) is 5.34. The summed E-state index contributed by atoms with van der Waals surface area (Å²) in [5.74, 6) is -0.173. The Morgan fingerprint density at radius 3 is 2.59 bits per heavy atom. The number of carbonyl (C=O) groups is 1. The van der Waals surface area contributed by atoms with Crippen LogP contribution in [-0.2, 0) is 17.8 Å². The van der Waals surface area contributed by atoms with E-state index in [1.165, 1.54) is 5.39 Å². The van der Waals surface area contributed by atoms with Crippen LogP contribution in [0.25, 0.3) is 27.5 Å². The summed E-state index contributed by atoms with van der Waals surface area (Å²) in [6, 6.07) is 19.4. The van der Waals surface area contributed by atoms with E-state index >= 15 is 0 Å². The van der Waals surface area contributed by atoms with Crippen LogP contribution in [0.5, 0.6) is 0 Å². The van der Waals surface area contributed by atoms with Crippen LogP contribution in [0.1, 0.15) is 5.56 Å². The van der Waals surface area contributed by atoms with Gasteiger partial charge >= 0.3 is 0 Å². The molecule has 3 heterocycles. The average molecular weight is 384 g/mol. The van der Waals surface area contributed by atoms with E-state index in [0.717, 1.165) is 28.5 Å². The second-order valence-corrected chi connectivity index (χ2v) is 7.10. The van der Waals surface area contributed by atoms with Crippen LogP contribution in [0.4, 0.5) is 0 Å². The number of nitrogens with one attached hydrogen (secondary N) is 2. The van der Waals surface area contributed by atoms with Gasteiger partial charge in [-0.2, -0.15) is 0 Å². The molecule has 6 heteroatoms. The quantitative estimate of drug-likeness (QED) is 0.489. The Bertz CT molecular complexity index is 1410. The summed E-state index contributed by atoms with van der Waals surface area (Å²) in [6.45, 7) is 0.510. The smallest absolute Gasteiger partial charge is 0.275 e. The Labute approximate surface area is 166 Å². The van der Waals surface area contributed by atoms with Crippen molar-refractivity contribution < 1.29 is 4.79 Å². The van der Waals surface area contributed by atoms with E-state index in [1.807, 2.05) is 65.3 Å². The maximum absolute atomic E-state index is 12.9. The Morgan fingerprint density at radius 1 is 0.931 bits per heavy atom. The molecule has 0 bridgehead atoms. The van der Waals surface area contributed by atoms with Gasteiger partial charge in [-0.1, -0.05) is 30.3 Å². The number of benzene rings is 2. The highest BCUT2D eigenvalue weighted by Gasteiger charge is 2.13. The van der Waals surface area contributed by atoms with Crippen LogP contribution < -0.4 is 10.9 Å². The number of fused-ring (bicyclic) bond motifs is 4. The molecule has 0 aliphatic carbocycles. The van der Waals surface area contributed by atoms with Gasteiger partial charge in [-0.05, 0) is 42.3 Å². The molecular formula is C23H20N4O2. The van der Waals surface area contributed by atoms with Crippen LogP contribution in [0.15, 0.2) is 77.9 Å². The van der Waals surface area contributed by atoms with E-state index in [9.17, 15) is 9.59 Å². The van der Waals surface area contributed by atoms with E-state index in [2.05, 4.69) is 16.4 Å². The minimum atomic E-state index is -0.173. The number of para-hydroxylation sites is 3. The number of amides is 1. The molecule has 0 fully saturated rings. The Hall–Kier alpha value is -3.80. The molecule has 0 unspecified atom stereocenters. The van der Waals surface area contributed by atoms with E-state index in [1.54, 1.807) is 10.6 Å². The van der Waals surface area contributed by atoms with Crippen molar-refractivity contribution >= 4 is 33.4 Å². The predicted molar refractivity (Wildman–Crippen MR) is 114 cm³/mol. The van der Waals surface area contributed by atoms with Gasteiger partial charge < -0.3 is 14.7 Å². The summed E-state index contributed by atoms with van der Waals surface area (Å²) in [6.07, 6.45) is 4.57. The lowest BCUT2D eigenvalue weighted by molar-refractivity contribution is -0.121. The second kappa shape index (κ2) is 6.98. The highest BCUT2D eigenvalue weighted by atomic mass is 16.2. The minimum absolute atomic E-state index is 0.00505. The molecule has 2 aromatic carbocycles. The fourth-order valence-corrected chi connectivity index (χ4v) is 3.94. The fraction of sp³-hybridized carbons (Fsp3) is 0.130. The number of aromatic amines is 1. The van der Waals surface area contributed by atoms with Crippen molar-refractivity contribution in [1.82, 2.24) is 19.3 Å². The normalized spacial score (nSPS) is 11.4. The van der Waals surface area contributed by atoms with Crippen LogP contribution in [0.3, 0.4) is 0 Å². The van der Waals surface area contributed by atoms with Crippen molar-refractivity contribution in [3.63, 3.8) is 0 Å². The highest BCUT2D eigenvalue weighted by molar-refractivity contribution is 5.84. The van der Waals surface area contributed by atoms with E-state index in [0.29, 0.717) is 12.1 Å². The average Bonchev–Trinajstić information content (AvgIpc) is 3.39. The molecule has 29 heavy (non-hydrogen) atoms. The lowest BCUT2D eigenvalue weighted by atomic mass is 10.1. The molecule has 0 aliphatic heterocycles. The fourth-order valence-electron chi connectivity index (χ4n) is 3.94. The molecule has 1 amide bonds. The molecule has 2 N–H and O–H groups in total. The first-order valence-electron chi connectivity index (χ1n) is 9.63. The maximum atomic E-state index is 12.9. The highest BCUT2D eigenvalue weighted by Crippen LogP contribution is 2.18. The van der Waals surface area contributed by atoms with Crippen molar-refractivity contribution in [2.24, 2.45) is 0 Å².